The summed E-state index contributed by atoms with van der Waals surface area (Å²) < 4.78 is 0. The van der Waals surface area contributed by atoms with Crippen molar-refractivity contribution >= 4 is 5.71 Å². The zero-order chi connectivity index (χ0) is 12.8. The third-order valence-corrected chi connectivity index (χ3v) is 2.00. The average Bonchev–Trinajstić information content (AvgIpc) is 2.24. The lowest BCUT2D eigenvalue weighted by molar-refractivity contribution is 0.158. The Morgan fingerprint density at radius 1 is 1.35 bits per heavy atom. The van der Waals surface area contributed by atoms with E-state index in [-0.39, 0.29) is 5.56 Å². The standard InChI is InChI=1S/C10H15N3O4/c1-3-5-6(13-17-4-2)7-8(14)11-10(16)12-9(7)15/h3-5H2,1-2H3,(H3,11,12,14,15,16). The fraction of sp³-hybridized carbons (Fsp3) is 0.500. The summed E-state index contributed by atoms with van der Waals surface area (Å²) in [5, 5.41) is 13.3. The zero-order valence-electron chi connectivity index (χ0n) is 9.74. The van der Waals surface area contributed by atoms with E-state index < -0.39 is 17.1 Å². The van der Waals surface area contributed by atoms with Crippen molar-refractivity contribution in [2.45, 2.75) is 26.7 Å². The maximum atomic E-state index is 11.6. The number of rotatable bonds is 5. The van der Waals surface area contributed by atoms with Gasteiger partial charge in [-0.1, -0.05) is 18.5 Å². The van der Waals surface area contributed by atoms with Gasteiger partial charge in [0.2, 0.25) is 5.88 Å². The Hall–Kier alpha value is -2.05. The van der Waals surface area contributed by atoms with Gasteiger partial charge in [-0.25, -0.2) is 4.79 Å². The molecule has 7 heteroatoms. The van der Waals surface area contributed by atoms with Crippen LogP contribution in [0.3, 0.4) is 0 Å². The first-order valence-electron chi connectivity index (χ1n) is 5.34. The highest BCUT2D eigenvalue weighted by atomic mass is 16.6. The zero-order valence-corrected chi connectivity index (χ0v) is 9.74. The van der Waals surface area contributed by atoms with Crippen LogP contribution in [0.4, 0.5) is 0 Å². The molecule has 0 amide bonds. The highest BCUT2D eigenvalue weighted by Crippen LogP contribution is 2.10. The number of aromatic amines is 2. The van der Waals surface area contributed by atoms with Crippen LogP contribution >= 0.6 is 0 Å². The van der Waals surface area contributed by atoms with Gasteiger partial charge in [-0.15, -0.1) is 0 Å². The van der Waals surface area contributed by atoms with E-state index in [1.165, 1.54) is 0 Å². The second-order valence-electron chi connectivity index (χ2n) is 3.34. The van der Waals surface area contributed by atoms with E-state index in [0.29, 0.717) is 18.7 Å². The van der Waals surface area contributed by atoms with E-state index in [1.54, 1.807) is 6.92 Å². The fourth-order valence-electron chi connectivity index (χ4n) is 1.34. The fourth-order valence-corrected chi connectivity index (χ4v) is 1.34. The summed E-state index contributed by atoms with van der Waals surface area (Å²) in [6, 6.07) is 0. The summed E-state index contributed by atoms with van der Waals surface area (Å²) >= 11 is 0. The van der Waals surface area contributed by atoms with Gasteiger partial charge < -0.3 is 9.94 Å². The second-order valence-corrected chi connectivity index (χ2v) is 3.34. The number of nitrogens with zero attached hydrogens (tertiary/aromatic N) is 1. The molecule has 1 rings (SSSR count). The van der Waals surface area contributed by atoms with Crippen molar-refractivity contribution in [2.75, 3.05) is 6.61 Å². The molecule has 0 radical (unpaired) electrons. The minimum absolute atomic E-state index is 0.0556. The number of nitrogens with one attached hydrogen (secondary N) is 2. The van der Waals surface area contributed by atoms with Crippen molar-refractivity contribution in [2.24, 2.45) is 5.16 Å². The molecule has 1 aromatic rings. The van der Waals surface area contributed by atoms with Crippen LogP contribution in [-0.4, -0.2) is 27.4 Å². The third kappa shape index (κ3) is 3.20. The summed E-state index contributed by atoms with van der Waals surface area (Å²) in [6.45, 7) is 4.01. The Labute approximate surface area is 97.1 Å². The Balaban J connectivity index is 3.28. The lowest BCUT2D eigenvalue weighted by atomic mass is 10.1. The first-order chi connectivity index (χ1) is 8.10. The van der Waals surface area contributed by atoms with Crippen LogP contribution < -0.4 is 11.2 Å². The van der Waals surface area contributed by atoms with Crippen molar-refractivity contribution in [3.05, 3.63) is 26.4 Å². The van der Waals surface area contributed by atoms with Gasteiger partial charge in [-0.05, 0) is 13.3 Å². The predicted octanol–water partition coefficient (Wildman–Crippen LogP) is 0.310. The van der Waals surface area contributed by atoms with Crippen LogP contribution in [0.1, 0.15) is 32.3 Å². The molecule has 0 bridgehead atoms. The molecule has 7 nitrogen and oxygen atoms in total. The Morgan fingerprint density at radius 2 is 2.06 bits per heavy atom. The molecule has 0 saturated carbocycles. The second kappa shape index (κ2) is 5.88. The van der Waals surface area contributed by atoms with Crippen LogP contribution in [0.2, 0.25) is 0 Å². The van der Waals surface area contributed by atoms with Crippen LogP contribution in [0.5, 0.6) is 5.88 Å². The molecule has 0 atom stereocenters. The first kappa shape index (κ1) is 13.0. The number of aromatic hydroxyl groups is 1. The van der Waals surface area contributed by atoms with Gasteiger partial charge in [0.15, 0.2) is 0 Å². The van der Waals surface area contributed by atoms with Crippen LogP contribution in [0.25, 0.3) is 0 Å². The number of hydrogen-bond acceptors (Lipinski definition) is 5. The summed E-state index contributed by atoms with van der Waals surface area (Å²) in [5.41, 5.74) is -1.19. The third-order valence-electron chi connectivity index (χ3n) is 2.00. The average molecular weight is 241 g/mol. The maximum Gasteiger partial charge on any atom is 0.328 e. The molecule has 0 fully saturated rings. The number of oxime groups is 1. The van der Waals surface area contributed by atoms with Crippen molar-refractivity contribution in [3.63, 3.8) is 0 Å². The quantitative estimate of drug-likeness (QED) is 0.509. The molecular formula is C10H15N3O4. The van der Waals surface area contributed by atoms with E-state index in [1.807, 2.05) is 11.9 Å². The smallest absolute Gasteiger partial charge is 0.328 e. The highest BCUT2D eigenvalue weighted by Gasteiger charge is 2.15. The molecule has 0 aliphatic carbocycles. The molecule has 0 saturated heterocycles. The summed E-state index contributed by atoms with van der Waals surface area (Å²) in [6.07, 6.45) is 1.19. The van der Waals surface area contributed by atoms with Crippen molar-refractivity contribution in [1.29, 1.82) is 0 Å². The van der Waals surface area contributed by atoms with Gasteiger partial charge in [0.1, 0.15) is 12.2 Å². The molecule has 3 N–H and O–H groups in total. The van der Waals surface area contributed by atoms with Crippen LogP contribution in [-0.2, 0) is 4.84 Å². The SMILES string of the molecule is CCCC(=NOCC)c1c(O)[nH]c(=O)[nH]c1=O. The van der Waals surface area contributed by atoms with E-state index in [4.69, 9.17) is 4.84 Å². The molecule has 0 aliphatic rings. The van der Waals surface area contributed by atoms with E-state index in [2.05, 4.69) is 10.1 Å². The van der Waals surface area contributed by atoms with Gasteiger partial charge in [-0.2, -0.15) is 0 Å². The Morgan fingerprint density at radius 3 is 2.59 bits per heavy atom. The predicted molar refractivity (Wildman–Crippen MR) is 62.4 cm³/mol. The topological polar surface area (TPSA) is 108 Å². The molecule has 17 heavy (non-hydrogen) atoms. The van der Waals surface area contributed by atoms with E-state index >= 15 is 0 Å². The van der Waals surface area contributed by atoms with E-state index in [9.17, 15) is 14.7 Å². The monoisotopic (exact) mass is 241 g/mol. The Kier molecular flexibility index (Phi) is 4.50. The van der Waals surface area contributed by atoms with Crippen LogP contribution in [0, 0.1) is 0 Å². The lowest BCUT2D eigenvalue weighted by Gasteiger charge is -2.05. The van der Waals surface area contributed by atoms with Gasteiger partial charge in [0, 0.05) is 0 Å². The number of hydrogen-bond donors (Lipinski definition) is 3. The molecule has 1 aromatic heterocycles. The van der Waals surface area contributed by atoms with Crippen molar-refractivity contribution < 1.29 is 9.94 Å². The highest BCUT2D eigenvalue weighted by molar-refractivity contribution is 6.01. The molecular weight excluding hydrogens is 226 g/mol. The maximum absolute atomic E-state index is 11.6. The molecule has 0 aliphatic heterocycles. The largest absolute Gasteiger partial charge is 0.494 e. The van der Waals surface area contributed by atoms with Crippen molar-refractivity contribution in [1.82, 2.24) is 9.97 Å². The van der Waals surface area contributed by atoms with Gasteiger partial charge in [-0.3, -0.25) is 14.8 Å². The Bertz CT molecular complexity index is 515. The lowest BCUT2D eigenvalue weighted by Crippen LogP contribution is -2.28. The minimum atomic E-state index is -0.761. The summed E-state index contributed by atoms with van der Waals surface area (Å²) in [5.74, 6) is -0.495. The molecule has 94 valence electrons. The van der Waals surface area contributed by atoms with Crippen molar-refractivity contribution in [3.8, 4) is 5.88 Å². The van der Waals surface area contributed by atoms with Crippen LogP contribution in [0.15, 0.2) is 14.7 Å². The van der Waals surface area contributed by atoms with Gasteiger partial charge in [0.05, 0.1) is 5.71 Å². The van der Waals surface area contributed by atoms with E-state index in [0.717, 1.165) is 6.42 Å². The summed E-state index contributed by atoms with van der Waals surface area (Å²) in [7, 11) is 0. The first-order valence-corrected chi connectivity index (χ1v) is 5.34. The van der Waals surface area contributed by atoms with Gasteiger partial charge in [0.25, 0.3) is 5.56 Å². The molecule has 0 aromatic carbocycles. The number of aromatic nitrogens is 2. The number of H-pyrrole nitrogens is 2. The molecule has 0 unspecified atom stereocenters. The normalized spacial score (nSPS) is 11.5. The molecule has 0 spiro atoms. The summed E-state index contributed by atoms with van der Waals surface area (Å²) in [4.78, 5) is 31.5. The minimum Gasteiger partial charge on any atom is -0.494 e. The van der Waals surface area contributed by atoms with Gasteiger partial charge >= 0.3 is 5.69 Å². The molecule has 1 heterocycles.